The van der Waals surface area contributed by atoms with Crippen LogP contribution in [0, 0.1) is 0 Å². The van der Waals surface area contributed by atoms with Crippen LogP contribution in [-0.4, -0.2) is 54.7 Å². The molecular formula is C11H25N3. The lowest BCUT2D eigenvalue weighted by molar-refractivity contribution is -0.00940. The third-order valence-corrected chi connectivity index (χ3v) is 3.76. The first kappa shape index (κ1) is 12.0. The summed E-state index contributed by atoms with van der Waals surface area (Å²) in [5, 5.41) is 3.37. The molecule has 1 rings (SSSR count). The SMILES string of the molecule is CNC(C)(C)N1C[C@@H](C)N(C)[C@H](C)C1. The second-order valence-corrected chi connectivity index (χ2v) is 5.08. The zero-order valence-electron chi connectivity index (χ0n) is 10.5. The molecule has 1 aliphatic rings. The summed E-state index contributed by atoms with van der Waals surface area (Å²) in [5.41, 5.74) is 0.115. The molecule has 0 saturated carbocycles. The Morgan fingerprint density at radius 3 is 1.93 bits per heavy atom. The van der Waals surface area contributed by atoms with E-state index in [1.165, 1.54) is 0 Å². The van der Waals surface area contributed by atoms with Gasteiger partial charge in [-0.3, -0.25) is 9.80 Å². The van der Waals surface area contributed by atoms with Crippen LogP contribution >= 0.6 is 0 Å². The minimum absolute atomic E-state index is 0.115. The Morgan fingerprint density at radius 2 is 1.57 bits per heavy atom. The molecule has 0 radical (unpaired) electrons. The van der Waals surface area contributed by atoms with Gasteiger partial charge in [-0.05, 0) is 41.8 Å². The first-order valence-corrected chi connectivity index (χ1v) is 5.54. The molecule has 2 atom stereocenters. The number of piperazine rings is 1. The molecule has 0 aromatic carbocycles. The third-order valence-electron chi connectivity index (χ3n) is 3.76. The van der Waals surface area contributed by atoms with E-state index in [-0.39, 0.29) is 5.66 Å². The fourth-order valence-corrected chi connectivity index (χ4v) is 2.02. The number of nitrogens with one attached hydrogen (secondary N) is 1. The topological polar surface area (TPSA) is 18.5 Å². The lowest BCUT2D eigenvalue weighted by Gasteiger charge is -2.49. The van der Waals surface area contributed by atoms with Crippen LogP contribution in [0.15, 0.2) is 0 Å². The average molecular weight is 199 g/mol. The number of hydrogen-bond donors (Lipinski definition) is 1. The molecule has 0 aliphatic carbocycles. The van der Waals surface area contributed by atoms with Gasteiger partial charge in [-0.25, -0.2) is 0 Å². The van der Waals surface area contributed by atoms with Crippen molar-refractivity contribution in [1.82, 2.24) is 15.1 Å². The van der Waals surface area contributed by atoms with E-state index in [2.05, 4.69) is 49.9 Å². The van der Waals surface area contributed by atoms with Crippen LogP contribution in [0.2, 0.25) is 0 Å². The molecular weight excluding hydrogens is 174 g/mol. The summed E-state index contributed by atoms with van der Waals surface area (Å²) in [6.07, 6.45) is 0. The maximum Gasteiger partial charge on any atom is 0.0653 e. The standard InChI is InChI=1S/C11H25N3/c1-9-7-14(11(3,4)12-5)8-10(2)13(9)6/h9-10,12H,7-8H2,1-6H3/t9-,10-/m1/s1. The highest BCUT2D eigenvalue weighted by atomic mass is 15.4. The number of hydrogen-bond acceptors (Lipinski definition) is 3. The molecule has 0 spiro atoms. The van der Waals surface area contributed by atoms with Crippen molar-refractivity contribution in [3.8, 4) is 0 Å². The van der Waals surface area contributed by atoms with Crippen LogP contribution in [0.3, 0.4) is 0 Å². The van der Waals surface area contributed by atoms with E-state index in [0.717, 1.165) is 13.1 Å². The molecule has 0 bridgehead atoms. The van der Waals surface area contributed by atoms with Crippen LogP contribution in [-0.2, 0) is 0 Å². The van der Waals surface area contributed by atoms with E-state index in [4.69, 9.17) is 0 Å². The van der Waals surface area contributed by atoms with Crippen molar-refractivity contribution < 1.29 is 0 Å². The van der Waals surface area contributed by atoms with E-state index in [1.807, 2.05) is 7.05 Å². The molecule has 1 heterocycles. The zero-order valence-corrected chi connectivity index (χ0v) is 10.5. The molecule has 3 heteroatoms. The number of likely N-dealkylation sites (N-methyl/N-ethyl adjacent to an activating group) is 1. The molecule has 0 aromatic heterocycles. The second-order valence-electron chi connectivity index (χ2n) is 5.08. The molecule has 1 N–H and O–H groups in total. The summed E-state index contributed by atoms with van der Waals surface area (Å²) in [6, 6.07) is 1.29. The largest absolute Gasteiger partial charge is 0.303 e. The molecule has 84 valence electrons. The predicted octanol–water partition coefficient (Wildman–Crippen LogP) is 0.966. The van der Waals surface area contributed by atoms with Crippen molar-refractivity contribution in [2.24, 2.45) is 0 Å². The number of rotatable bonds is 2. The maximum absolute atomic E-state index is 3.37. The van der Waals surface area contributed by atoms with Gasteiger partial charge >= 0.3 is 0 Å². The Bertz CT molecular complexity index is 179. The fourth-order valence-electron chi connectivity index (χ4n) is 2.02. The average Bonchev–Trinajstić information content (AvgIpc) is 2.13. The summed E-state index contributed by atoms with van der Waals surface area (Å²) in [6.45, 7) is 11.4. The highest BCUT2D eigenvalue weighted by molar-refractivity contribution is 4.89. The Labute approximate surface area is 88.5 Å². The summed E-state index contributed by atoms with van der Waals surface area (Å²) >= 11 is 0. The molecule has 0 amide bonds. The van der Waals surface area contributed by atoms with Gasteiger partial charge in [0.2, 0.25) is 0 Å². The third kappa shape index (κ3) is 2.27. The van der Waals surface area contributed by atoms with Crippen LogP contribution in [0.4, 0.5) is 0 Å². The van der Waals surface area contributed by atoms with Crippen molar-refractivity contribution in [1.29, 1.82) is 0 Å². The normalized spacial score (nSPS) is 32.1. The van der Waals surface area contributed by atoms with Crippen molar-refractivity contribution in [3.05, 3.63) is 0 Å². The minimum Gasteiger partial charge on any atom is -0.303 e. The zero-order chi connectivity index (χ0) is 10.9. The van der Waals surface area contributed by atoms with E-state index >= 15 is 0 Å². The molecule has 14 heavy (non-hydrogen) atoms. The van der Waals surface area contributed by atoms with E-state index in [0.29, 0.717) is 12.1 Å². The molecule has 0 aromatic rings. The van der Waals surface area contributed by atoms with Gasteiger partial charge in [0, 0.05) is 25.2 Å². The van der Waals surface area contributed by atoms with Gasteiger partial charge in [0.25, 0.3) is 0 Å². The van der Waals surface area contributed by atoms with Crippen molar-refractivity contribution in [3.63, 3.8) is 0 Å². The van der Waals surface area contributed by atoms with Gasteiger partial charge in [-0.2, -0.15) is 0 Å². The van der Waals surface area contributed by atoms with E-state index in [9.17, 15) is 0 Å². The lowest BCUT2D eigenvalue weighted by atomic mass is 10.0. The lowest BCUT2D eigenvalue weighted by Crippen LogP contribution is -2.64. The quantitative estimate of drug-likeness (QED) is 0.715. The summed E-state index contributed by atoms with van der Waals surface area (Å²) in [4.78, 5) is 4.99. The number of nitrogens with zero attached hydrogens (tertiary/aromatic N) is 2. The van der Waals surface area contributed by atoms with Gasteiger partial charge in [0.1, 0.15) is 0 Å². The summed E-state index contributed by atoms with van der Waals surface area (Å²) < 4.78 is 0. The smallest absolute Gasteiger partial charge is 0.0653 e. The highest BCUT2D eigenvalue weighted by Gasteiger charge is 2.33. The molecule has 1 fully saturated rings. The van der Waals surface area contributed by atoms with Gasteiger partial charge in [-0.15, -0.1) is 0 Å². The summed E-state index contributed by atoms with van der Waals surface area (Å²) in [5.74, 6) is 0. The fraction of sp³-hybridized carbons (Fsp3) is 1.00. The van der Waals surface area contributed by atoms with Gasteiger partial charge < -0.3 is 5.32 Å². The Kier molecular flexibility index (Phi) is 3.56. The van der Waals surface area contributed by atoms with Gasteiger partial charge in [0.15, 0.2) is 0 Å². The molecule has 1 aliphatic heterocycles. The predicted molar refractivity (Wildman–Crippen MR) is 61.4 cm³/mol. The highest BCUT2D eigenvalue weighted by Crippen LogP contribution is 2.19. The Balaban J connectivity index is 2.66. The monoisotopic (exact) mass is 199 g/mol. The van der Waals surface area contributed by atoms with E-state index < -0.39 is 0 Å². The van der Waals surface area contributed by atoms with Crippen molar-refractivity contribution in [2.75, 3.05) is 27.2 Å². The first-order valence-electron chi connectivity index (χ1n) is 5.54. The molecule has 1 saturated heterocycles. The minimum atomic E-state index is 0.115. The van der Waals surface area contributed by atoms with Crippen LogP contribution in [0.1, 0.15) is 27.7 Å². The van der Waals surface area contributed by atoms with E-state index in [1.54, 1.807) is 0 Å². The summed E-state index contributed by atoms with van der Waals surface area (Å²) in [7, 11) is 4.26. The van der Waals surface area contributed by atoms with Crippen LogP contribution in [0.25, 0.3) is 0 Å². The molecule has 0 unspecified atom stereocenters. The van der Waals surface area contributed by atoms with Gasteiger partial charge in [-0.1, -0.05) is 0 Å². The van der Waals surface area contributed by atoms with Crippen molar-refractivity contribution >= 4 is 0 Å². The van der Waals surface area contributed by atoms with Crippen LogP contribution in [0.5, 0.6) is 0 Å². The van der Waals surface area contributed by atoms with Crippen molar-refractivity contribution in [2.45, 2.75) is 45.4 Å². The maximum atomic E-state index is 3.37. The first-order chi connectivity index (χ1) is 6.38. The van der Waals surface area contributed by atoms with Gasteiger partial charge in [0.05, 0.1) is 5.66 Å². The Hall–Kier alpha value is -0.120. The second kappa shape index (κ2) is 4.17. The molecule has 3 nitrogen and oxygen atoms in total. The Morgan fingerprint density at radius 1 is 1.14 bits per heavy atom. The van der Waals surface area contributed by atoms with Crippen LogP contribution < -0.4 is 5.32 Å².